The number of halogens is 2. The summed E-state index contributed by atoms with van der Waals surface area (Å²) in [4.78, 5) is 2.18. The number of hydrogen-bond donors (Lipinski definition) is 0. The van der Waals surface area contributed by atoms with Crippen LogP contribution in [0.25, 0.3) is 4.85 Å². The Labute approximate surface area is 40.1 Å². The van der Waals surface area contributed by atoms with Gasteiger partial charge in [-0.3, -0.25) is 0 Å². The van der Waals surface area contributed by atoms with Crippen LogP contribution in [0.4, 0.5) is 8.78 Å². The molecule has 0 aliphatic carbocycles. The van der Waals surface area contributed by atoms with Gasteiger partial charge in [0.2, 0.25) is 0 Å². The van der Waals surface area contributed by atoms with Gasteiger partial charge in [0.25, 0.3) is 0 Å². The molecule has 0 unspecified atom stereocenters. The zero-order valence-corrected chi connectivity index (χ0v) is 3.70. The van der Waals surface area contributed by atoms with Crippen LogP contribution in [-0.2, 0) is 0 Å². The number of rotatable bonds is 0. The SMILES string of the molecule is [C-]#[N+]/C(F)=C(/C)F. The Hall–Kier alpha value is -0.910. The lowest BCUT2D eigenvalue weighted by Crippen LogP contribution is -1.62. The number of allylic oxidation sites excluding steroid dienone is 1. The van der Waals surface area contributed by atoms with Gasteiger partial charge in [-0.2, -0.15) is 0 Å². The third-order valence-corrected chi connectivity index (χ3v) is 0.382. The van der Waals surface area contributed by atoms with Crippen molar-refractivity contribution in [3.8, 4) is 0 Å². The topological polar surface area (TPSA) is 4.36 Å². The maximum Gasteiger partial charge on any atom is 0.362 e. The van der Waals surface area contributed by atoms with E-state index < -0.39 is 11.8 Å². The molecular formula is C4H3F2N. The molecule has 0 aliphatic rings. The van der Waals surface area contributed by atoms with E-state index in [-0.39, 0.29) is 0 Å². The normalized spacial score (nSPS) is 12.3. The predicted octanol–water partition coefficient (Wildman–Crippen LogP) is 2.03. The monoisotopic (exact) mass is 103 g/mol. The maximum atomic E-state index is 11.4. The first-order valence-corrected chi connectivity index (χ1v) is 1.58. The van der Waals surface area contributed by atoms with Crippen LogP contribution in [0.1, 0.15) is 6.92 Å². The summed E-state index contributed by atoms with van der Waals surface area (Å²) in [7, 11) is 0. The van der Waals surface area contributed by atoms with Crippen molar-refractivity contribution in [3.63, 3.8) is 0 Å². The van der Waals surface area contributed by atoms with Crippen LogP contribution in [-0.4, -0.2) is 0 Å². The molecule has 38 valence electrons. The zero-order chi connectivity index (χ0) is 5.86. The first-order chi connectivity index (χ1) is 3.18. The van der Waals surface area contributed by atoms with Crippen molar-refractivity contribution in [2.24, 2.45) is 0 Å². The van der Waals surface area contributed by atoms with Crippen LogP contribution < -0.4 is 0 Å². The average molecular weight is 103 g/mol. The molecule has 0 atom stereocenters. The van der Waals surface area contributed by atoms with Gasteiger partial charge in [0.15, 0.2) is 0 Å². The third-order valence-electron chi connectivity index (χ3n) is 0.382. The fourth-order valence-electron chi connectivity index (χ4n) is 0.0770. The largest absolute Gasteiger partial charge is 0.362 e. The van der Waals surface area contributed by atoms with Crippen molar-refractivity contribution in [2.45, 2.75) is 6.92 Å². The Morgan fingerprint density at radius 2 is 2.00 bits per heavy atom. The Morgan fingerprint density at radius 3 is 2.00 bits per heavy atom. The molecule has 0 saturated heterocycles. The van der Waals surface area contributed by atoms with Gasteiger partial charge >= 0.3 is 5.95 Å². The van der Waals surface area contributed by atoms with Gasteiger partial charge in [0, 0.05) is 0 Å². The first-order valence-electron chi connectivity index (χ1n) is 1.58. The summed E-state index contributed by atoms with van der Waals surface area (Å²) >= 11 is 0. The molecule has 0 heterocycles. The molecule has 3 heteroatoms. The van der Waals surface area contributed by atoms with E-state index in [1.807, 2.05) is 0 Å². The van der Waals surface area contributed by atoms with Gasteiger partial charge in [-0.1, -0.05) is 0 Å². The molecule has 0 aromatic carbocycles. The van der Waals surface area contributed by atoms with Gasteiger partial charge in [-0.05, 0) is 6.92 Å². The van der Waals surface area contributed by atoms with E-state index >= 15 is 0 Å². The standard InChI is InChI=1S/C4H3F2N/c1-3(5)4(6)7-2/h1H3/b4-3-. The number of hydrogen-bond acceptors (Lipinski definition) is 0. The molecule has 0 saturated carbocycles. The summed E-state index contributed by atoms with van der Waals surface area (Å²) in [5, 5.41) is 0. The number of nitrogens with zero attached hydrogens (tertiary/aromatic N) is 1. The van der Waals surface area contributed by atoms with E-state index in [9.17, 15) is 8.78 Å². The Balaban J connectivity index is 4.07. The summed E-state index contributed by atoms with van der Waals surface area (Å²) in [6, 6.07) is 0. The molecule has 0 amide bonds. The van der Waals surface area contributed by atoms with Crippen LogP contribution in [0.5, 0.6) is 0 Å². The van der Waals surface area contributed by atoms with Crippen LogP contribution in [0.3, 0.4) is 0 Å². The fraction of sp³-hybridized carbons (Fsp3) is 0.250. The average Bonchev–Trinajstić information content (AvgIpc) is 1.65. The molecular weight excluding hydrogens is 100 g/mol. The van der Waals surface area contributed by atoms with E-state index in [4.69, 9.17) is 6.57 Å². The minimum absolute atomic E-state index is 0.896. The quantitative estimate of drug-likeness (QED) is 0.326. The van der Waals surface area contributed by atoms with Crippen molar-refractivity contribution in [3.05, 3.63) is 23.2 Å². The molecule has 0 aromatic rings. The highest BCUT2D eigenvalue weighted by Gasteiger charge is 1.94. The van der Waals surface area contributed by atoms with Crippen molar-refractivity contribution in [1.82, 2.24) is 0 Å². The molecule has 0 aromatic heterocycles. The Morgan fingerprint density at radius 1 is 1.57 bits per heavy atom. The Kier molecular flexibility index (Phi) is 2.00. The molecule has 0 spiro atoms. The van der Waals surface area contributed by atoms with Crippen LogP contribution >= 0.6 is 0 Å². The minimum Gasteiger partial charge on any atom is -0.234 e. The fourth-order valence-corrected chi connectivity index (χ4v) is 0.0770. The maximum absolute atomic E-state index is 11.4. The van der Waals surface area contributed by atoms with Crippen molar-refractivity contribution >= 4 is 0 Å². The summed E-state index contributed by atoms with van der Waals surface area (Å²) in [5.41, 5.74) is 0. The van der Waals surface area contributed by atoms with E-state index in [1.165, 1.54) is 0 Å². The molecule has 0 rings (SSSR count). The van der Waals surface area contributed by atoms with E-state index in [2.05, 4.69) is 4.85 Å². The van der Waals surface area contributed by atoms with E-state index in [0.29, 0.717) is 0 Å². The highest BCUT2D eigenvalue weighted by molar-refractivity contribution is 5.03. The second-order valence-corrected chi connectivity index (χ2v) is 0.936. The minimum atomic E-state index is -1.36. The lowest BCUT2D eigenvalue weighted by Gasteiger charge is -1.76. The van der Waals surface area contributed by atoms with Crippen LogP contribution in [0, 0.1) is 6.57 Å². The van der Waals surface area contributed by atoms with Gasteiger partial charge < -0.3 is 0 Å². The highest BCUT2D eigenvalue weighted by atomic mass is 19.2. The second kappa shape index (κ2) is 2.30. The second-order valence-electron chi connectivity index (χ2n) is 0.936. The van der Waals surface area contributed by atoms with E-state index in [1.54, 1.807) is 0 Å². The zero-order valence-electron chi connectivity index (χ0n) is 3.70. The van der Waals surface area contributed by atoms with Gasteiger partial charge in [-0.15, -0.1) is 0 Å². The third kappa shape index (κ3) is 1.88. The van der Waals surface area contributed by atoms with E-state index in [0.717, 1.165) is 6.92 Å². The van der Waals surface area contributed by atoms with Crippen LogP contribution in [0.2, 0.25) is 0 Å². The molecule has 1 nitrogen and oxygen atoms in total. The molecule has 0 aliphatic heterocycles. The lowest BCUT2D eigenvalue weighted by molar-refractivity contribution is 0.554. The summed E-state index contributed by atoms with van der Waals surface area (Å²) in [5.74, 6) is -2.42. The Bertz CT molecular complexity index is 127. The van der Waals surface area contributed by atoms with Crippen molar-refractivity contribution in [2.75, 3.05) is 0 Å². The molecule has 0 fully saturated rings. The van der Waals surface area contributed by atoms with Gasteiger partial charge in [0.05, 0.1) is 6.57 Å². The summed E-state index contributed by atoms with van der Waals surface area (Å²) in [6.07, 6.45) is 0. The van der Waals surface area contributed by atoms with Gasteiger partial charge in [0.1, 0.15) is 5.83 Å². The molecule has 0 bridgehead atoms. The molecule has 0 N–H and O–H groups in total. The van der Waals surface area contributed by atoms with Crippen LogP contribution in [0.15, 0.2) is 11.8 Å². The summed E-state index contributed by atoms with van der Waals surface area (Å²) < 4.78 is 22.8. The van der Waals surface area contributed by atoms with Crippen molar-refractivity contribution in [1.29, 1.82) is 0 Å². The molecule has 7 heavy (non-hydrogen) atoms. The predicted molar refractivity (Wildman–Crippen MR) is 21.5 cm³/mol. The smallest absolute Gasteiger partial charge is 0.234 e. The van der Waals surface area contributed by atoms with Gasteiger partial charge in [-0.25, -0.2) is 13.6 Å². The molecule has 0 radical (unpaired) electrons. The lowest BCUT2D eigenvalue weighted by atomic mass is 10.6. The summed E-state index contributed by atoms with van der Waals surface area (Å²) in [6.45, 7) is 6.79. The first kappa shape index (κ1) is 6.09. The van der Waals surface area contributed by atoms with Crippen molar-refractivity contribution < 1.29 is 8.78 Å². The highest BCUT2D eigenvalue weighted by Crippen LogP contribution is 2.06.